The number of fused-ring (bicyclic) bond motifs is 6. The highest BCUT2D eigenvalue weighted by Crippen LogP contribution is 2.57. The molecule has 2 aliphatic rings. The van der Waals surface area contributed by atoms with E-state index in [0.29, 0.717) is 70.4 Å². The van der Waals surface area contributed by atoms with Crippen LogP contribution in [-0.4, -0.2) is 25.0 Å². The van der Waals surface area contributed by atoms with Gasteiger partial charge in [-0.05, 0) is 80.4 Å². The van der Waals surface area contributed by atoms with Crippen molar-refractivity contribution in [2.45, 2.75) is 25.9 Å². The van der Waals surface area contributed by atoms with Gasteiger partial charge in [0.15, 0.2) is 5.60 Å². The molecule has 6 rings (SSSR count). The van der Waals surface area contributed by atoms with Crippen molar-refractivity contribution in [1.82, 2.24) is 5.32 Å². The fourth-order valence-electron chi connectivity index (χ4n) is 5.46. The number of carbonyl (C=O) groups excluding carboxylic acids is 2. The van der Waals surface area contributed by atoms with Gasteiger partial charge in [-0.1, -0.05) is 23.8 Å². The molecule has 2 heterocycles. The van der Waals surface area contributed by atoms with Gasteiger partial charge >= 0.3 is 5.97 Å². The van der Waals surface area contributed by atoms with Crippen molar-refractivity contribution in [1.29, 1.82) is 0 Å². The molecule has 4 aromatic carbocycles. The van der Waals surface area contributed by atoms with Crippen LogP contribution >= 0.6 is 18.9 Å². The van der Waals surface area contributed by atoms with Crippen molar-refractivity contribution in [3.8, 4) is 28.7 Å². The normalized spacial score (nSPS) is 13.5. The molecule has 8 nitrogen and oxygen atoms in total. The average molecular weight is 628 g/mol. The summed E-state index contributed by atoms with van der Waals surface area (Å²) in [6.07, 6.45) is 2.67. The number of hydrogen-bond donors (Lipinski definition) is 1. The highest BCUT2D eigenvalue weighted by molar-refractivity contribution is 7.10. The maximum Gasteiger partial charge on any atom is 0.340 e. The minimum atomic E-state index is -1.27. The standard InChI is InChI=1S/C34H31NO7P2/c1-20(2)14-16-38-23-6-3-21(4-7-23)13-15-35-32(36)22-5-10-27-26(17-22)33(37)40-34(27)28-11-8-24(41-43)18-30(28)39-31-19-25(42-44)9-12-29(31)34/h3-12,14,17-19H,13,15-16,43-44H2,1-2H3,(H,35,36). The van der Waals surface area contributed by atoms with Crippen LogP contribution in [0.15, 0.2) is 90.5 Å². The van der Waals surface area contributed by atoms with E-state index in [1.165, 1.54) is 5.57 Å². The Morgan fingerprint density at radius 2 is 1.45 bits per heavy atom. The lowest BCUT2D eigenvalue weighted by Gasteiger charge is -2.36. The van der Waals surface area contributed by atoms with Crippen LogP contribution in [-0.2, 0) is 16.8 Å². The predicted octanol–water partition coefficient (Wildman–Crippen LogP) is 6.91. The molecule has 2 unspecified atom stereocenters. The van der Waals surface area contributed by atoms with Crippen LogP contribution in [0.4, 0.5) is 0 Å². The van der Waals surface area contributed by atoms with E-state index in [0.717, 1.165) is 11.3 Å². The summed E-state index contributed by atoms with van der Waals surface area (Å²) < 4.78 is 28.8. The van der Waals surface area contributed by atoms with Crippen molar-refractivity contribution in [3.05, 3.63) is 124 Å². The number of nitrogens with one attached hydrogen (secondary N) is 1. The molecular formula is C34H31NO7P2. The van der Waals surface area contributed by atoms with E-state index < -0.39 is 11.6 Å². The monoisotopic (exact) mass is 627 g/mol. The van der Waals surface area contributed by atoms with Crippen molar-refractivity contribution in [3.63, 3.8) is 0 Å². The Bertz CT molecular complexity index is 1730. The summed E-state index contributed by atoms with van der Waals surface area (Å²) >= 11 is 0. The highest BCUT2D eigenvalue weighted by atomic mass is 31.0. The highest BCUT2D eigenvalue weighted by Gasteiger charge is 2.53. The van der Waals surface area contributed by atoms with Gasteiger partial charge in [-0.15, -0.1) is 0 Å². The maximum absolute atomic E-state index is 13.4. The first kappa shape index (κ1) is 29.7. The van der Waals surface area contributed by atoms with Gasteiger partial charge in [0.1, 0.15) is 35.4 Å². The molecule has 0 aromatic heterocycles. The predicted molar refractivity (Wildman–Crippen MR) is 173 cm³/mol. The molecule has 1 N–H and O–H groups in total. The van der Waals surface area contributed by atoms with Crippen molar-refractivity contribution < 1.29 is 32.8 Å². The van der Waals surface area contributed by atoms with Crippen LogP contribution in [0.1, 0.15) is 56.8 Å². The number of amides is 1. The molecule has 44 heavy (non-hydrogen) atoms. The van der Waals surface area contributed by atoms with E-state index in [-0.39, 0.29) is 5.91 Å². The molecule has 10 heteroatoms. The number of allylic oxidation sites excluding steroid dienone is 1. The number of hydrogen-bond acceptors (Lipinski definition) is 7. The van der Waals surface area contributed by atoms with Gasteiger partial charge in [0.05, 0.1) is 24.5 Å². The third-order valence-corrected chi connectivity index (χ3v) is 8.19. The molecular weight excluding hydrogens is 596 g/mol. The molecule has 0 saturated heterocycles. The first-order valence-electron chi connectivity index (χ1n) is 14.0. The molecule has 0 aliphatic carbocycles. The number of esters is 1. The molecule has 0 bridgehead atoms. The molecule has 4 aromatic rings. The van der Waals surface area contributed by atoms with Gasteiger partial charge in [0.2, 0.25) is 0 Å². The molecule has 2 aliphatic heterocycles. The van der Waals surface area contributed by atoms with E-state index in [2.05, 4.69) is 24.3 Å². The molecule has 1 spiro atoms. The number of ether oxygens (including phenoxy) is 3. The Morgan fingerprint density at radius 3 is 2.07 bits per heavy atom. The number of carbonyl (C=O) groups is 2. The van der Waals surface area contributed by atoms with E-state index >= 15 is 0 Å². The largest absolute Gasteiger partial charge is 0.490 e. The van der Waals surface area contributed by atoms with Crippen LogP contribution in [0.5, 0.6) is 28.7 Å². The zero-order valence-electron chi connectivity index (χ0n) is 24.2. The van der Waals surface area contributed by atoms with Crippen molar-refractivity contribution in [2.75, 3.05) is 13.2 Å². The minimum Gasteiger partial charge on any atom is -0.490 e. The Morgan fingerprint density at radius 1 is 0.841 bits per heavy atom. The van der Waals surface area contributed by atoms with Gasteiger partial charge < -0.3 is 28.6 Å². The summed E-state index contributed by atoms with van der Waals surface area (Å²) in [5.41, 5.74) is 3.60. The lowest BCUT2D eigenvalue weighted by Crippen LogP contribution is -2.33. The Hall–Kier alpha value is -4.38. The van der Waals surface area contributed by atoms with E-state index in [1.807, 2.05) is 56.3 Å². The summed E-state index contributed by atoms with van der Waals surface area (Å²) in [7, 11) is 4.42. The Labute approximate surface area is 260 Å². The molecule has 0 fully saturated rings. The third-order valence-electron chi connectivity index (χ3n) is 7.65. The van der Waals surface area contributed by atoms with Crippen LogP contribution in [0.25, 0.3) is 0 Å². The van der Waals surface area contributed by atoms with Gasteiger partial charge in [0, 0.05) is 40.9 Å². The molecule has 1 amide bonds. The molecule has 0 saturated carbocycles. The second kappa shape index (κ2) is 12.3. The lowest BCUT2D eigenvalue weighted by atomic mass is 9.77. The minimum absolute atomic E-state index is 0.277. The van der Waals surface area contributed by atoms with Gasteiger partial charge in [-0.25, -0.2) is 4.79 Å². The molecule has 2 atom stereocenters. The zero-order chi connectivity index (χ0) is 30.8. The lowest BCUT2D eigenvalue weighted by molar-refractivity contribution is 0.0224. The second-order valence-corrected chi connectivity index (χ2v) is 11.2. The van der Waals surface area contributed by atoms with Crippen LogP contribution in [0, 0.1) is 0 Å². The summed E-state index contributed by atoms with van der Waals surface area (Å²) in [5, 5.41) is 2.96. The zero-order valence-corrected chi connectivity index (χ0v) is 26.5. The summed E-state index contributed by atoms with van der Waals surface area (Å²) in [4.78, 5) is 26.6. The number of benzene rings is 4. The Kier molecular flexibility index (Phi) is 8.31. The topological polar surface area (TPSA) is 92.3 Å². The summed E-state index contributed by atoms with van der Waals surface area (Å²) in [6.45, 7) is 5.03. The SMILES string of the molecule is CC(C)=CCOc1ccc(CCNC(=O)c2ccc3c(c2)C(=O)OC32c3ccc(OP)cc3Oc3cc(OP)ccc32)cc1. The average Bonchev–Trinajstić information content (AvgIpc) is 3.32. The van der Waals surface area contributed by atoms with E-state index in [1.54, 1.807) is 42.5 Å². The van der Waals surface area contributed by atoms with Crippen LogP contribution < -0.4 is 23.8 Å². The number of rotatable bonds is 9. The van der Waals surface area contributed by atoms with Gasteiger partial charge in [-0.3, -0.25) is 4.79 Å². The maximum atomic E-state index is 13.4. The Balaban J connectivity index is 1.23. The third kappa shape index (κ3) is 5.52. The van der Waals surface area contributed by atoms with Crippen LogP contribution in [0.2, 0.25) is 0 Å². The smallest absolute Gasteiger partial charge is 0.340 e. The van der Waals surface area contributed by atoms with E-state index in [9.17, 15) is 9.59 Å². The fourth-order valence-corrected chi connectivity index (χ4v) is 5.75. The van der Waals surface area contributed by atoms with Crippen molar-refractivity contribution >= 4 is 30.8 Å². The first-order valence-corrected chi connectivity index (χ1v) is 15.0. The summed E-state index contributed by atoms with van der Waals surface area (Å²) in [5.74, 6) is 2.07. The quantitative estimate of drug-likeness (QED) is 0.123. The van der Waals surface area contributed by atoms with Crippen LogP contribution in [0.3, 0.4) is 0 Å². The molecule has 0 radical (unpaired) electrons. The first-order chi connectivity index (χ1) is 21.3. The van der Waals surface area contributed by atoms with Crippen molar-refractivity contribution in [2.24, 2.45) is 0 Å². The molecule has 224 valence electrons. The second-order valence-electron chi connectivity index (χ2n) is 10.7. The fraction of sp³-hybridized carbons (Fsp3) is 0.176. The van der Waals surface area contributed by atoms with E-state index in [4.69, 9.17) is 23.3 Å². The van der Waals surface area contributed by atoms with Gasteiger partial charge in [-0.2, -0.15) is 0 Å². The summed E-state index contributed by atoms with van der Waals surface area (Å²) in [6, 6.07) is 23.6. The van der Waals surface area contributed by atoms with Gasteiger partial charge in [0.25, 0.3) is 5.91 Å².